The summed E-state index contributed by atoms with van der Waals surface area (Å²) < 4.78 is 25.5. The van der Waals surface area contributed by atoms with E-state index in [0.29, 0.717) is 23.7 Å². The minimum atomic E-state index is -0.720. The topological polar surface area (TPSA) is 85.4 Å². The van der Waals surface area contributed by atoms with Crippen molar-refractivity contribution in [3.63, 3.8) is 0 Å². The Bertz CT molecular complexity index is 1060. The molecule has 7 nitrogen and oxygen atoms in total. The predicted octanol–water partition coefficient (Wildman–Crippen LogP) is 5.46. The number of unbranched alkanes of at least 4 members (excludes halogenated alkanes) is 1. The van der Waals surface area contributed by atoms with E-state index < -0.39 is 5.82 Å². The maximum atomic E-state index is 14.2. The quantitative estimate of drug-likeness (QED) is 0.334. The molecule has 3 rings (SSSR count). The third-order valence-electron chi connectivity index (χ3n) is 4.07. The molecule has 0 fully saturated rings. The number of anilines is 3. The smallest absolute Gasteiger partial charge is 0.260 e. The van der Waals surface area contributed by atoms with Crippen molar-refractivity contribution in [3.8, 4) is 17.4 Å². The molecule has 8 heteroatoms. The van der Waals surface area contributed by atoms with Crippen LogP contribution in [0.2, 0.25) is 0 Å². The Hall–Kier alpha value is -3.94. The van der Waals surface area contributed by atoms with Crippen LogP contribution in [-0.4, -0.2) is 22.5 Å². The zero-order valence-corrected chi connectivity index (χ0v) is 17.1. The molecule has 1 heterocycles. The monoisotopic (exact) mass is 422 g/mol. The highest BCUT2D eigenvalue weighted by molar-refractivity contribution is 5.98. The molecule has 0 aliphatic rings. The fourth-order valence-electron chi connectivity index (χ4n) is 2.55. The van der Waals surface area contributed by atoms with E-state index >= 15 is 0 Å². The predicted molar refractivity (Wildman–Crippen MR) is 117 cm³/mol. The second-order valence-corrected chi connectivity index (χ2v) is 6.52. The standard InChI is InChI=1S/C23H23FN4O3/c1-3-5-12-30-18-10-6-9-17(13-18)27-23-25-15-20(24)22(28-23)31-19-11-7-8-16(14-19)26-21(29)4-2/h4,6-11,13-15H,2-3,5,12H2,1H3,(H,26,29)(H,25,27,28). The van der Waals surface area contributed by atoms with Crippen LogP contribution in [0.4, 0.5) is 21.7 Å². The summed E-state index contributed by atoms with van der Waals surface area (Å²) >= 11 is 0. The second-order valence-electron chi connectivity index (χ2n) is 6.52. The maximum absolute atomic E-state index is 14.2. The Morgan fingerprint density at radius 1 is 1.16 bits per heavy atom. The van der Waals surface area contributed by atoms with Crippen molar-refractivity contribution >= 4 is 23.2 Å². The van der Waals surface area contributed by atoms with Gasteiger partial charge >= 0.3 is 0 Å². The Balaban J connectivity index is 1.72. The van der Waals surface area contributed by atoms with Crippen molar-refractivity contribution in [2.75, 3.05) is 17.2 Å². The molecule has 1 amide bonds. The van der Waals surface area contributed by atoms with Crippen LogP contribution < -0.4 is 20.1 Å². The van der Waals surface area contributed by atoms with Gasteiger partial charge in [0.05, 0.1) is 12.8 Å². The summed E-state index contributed by atoms with van der Waals surface area (Å²) in [7, 11) is 0. The summed E-state index contributed by atoms with van der Waals surface area (Å²) in [5, 5.41) is 5.63. The number of hydrogen-bond donors (Lipinski definition) is 2. The molecule has 0 saturated carbocycles. The lowest BCUT2D eigenvalue weighted by molar-refractivity contribution is -0.111. The Labute approximate surface area is 180 Å². The molecule has 0 aliphatic heterocycles. The Morgan fingerprint density at radius 3 is 2.68 bits per heavy atom. The SMILES string of the molecule is C=CC(=O)Nc1cccc(Oc2nc(Nc3cccc(OCCCC)c3)ncc2F)c1. The van der Waals surface area contributed by atoms with Gasteiger partial charge in [0.15, 0.2) is 0 Å². The number of hydrogen-bond acceptors (Lipinski definition) is 6. The van der Waals surface area contributed by atoms with Gasteiger partial charge in [-0.2, -0.15) is 9.37 Å². The van der Waals surface area contributed by atoms with Gasteiger partial charge in [0, 0.05) is 23.5 Å². The van der Waals surface area contributed by atoms with Gasteiger partial charge < -0.3 is 20.1 Å². The van der Waals surface area contributed by atoms with E-state index in [1.807, 2.05) is 24.3 Å². The summed E-state index contributed by atoms with van der Waals surface area (Å²) in [5.41, 5.74) is 1.18. The van der Waals surface area contributed by atoms with E-state index in [1.54, 1.807) is 24.3 Å². The lowest BCUT2D eigenvalue weighted by atomic mass is 10.3. The van der Waals surface area contributed by atoms with Crippen molar-refractivity contribution in [3.05, 3.63) is 73.2 Å². The minimum absolute atomic E-state index is 0.165. The van der Waals surface area contributed by atoms with Crippen LogP contribution in [0.1, 0.15) is 19.8 Å². The van der Waals surface area contributed by atoms with E-state index in [2.05, 4.69) is 34.1 Å². The van der Waals surface area contributed by atoms with Crippen molar-refractivity contribution in [1.29, 1.82) is 0 Å². The number of carbonyl (C=O) groups is 1. The minimum Gasteiger partial charge on any atom is -0.494 e. The summed E-state index contributed by atoms with van der Waals surface area (Å²) in [6.07, 6.45) is 4.20. The Kier molecular flexibility index (Phi) is 7.53. The molecule has 0 bridgehead atoms. The van der Waals surface area contributed by atoms with Crippen LogP contribution in [0.25, 0.3) is 0 Å². The number of aromatic nitrogens is 2. The zero-order chi connectivity index (χ0) is 22.1. The van der Waals surface area contributed by atoms with Crippen LogP contribution in [0.15, 0.2) is 67.4 Å². The van der Waals surface area contributed by atoms with Gasteiger partial charge in [-0.1, -0.05) is 32.1 Å². The first-order valence-electron chi connectivity index (χ1n) is 9.81. The third kappa shape index (κ3) is 6.53. The lowest BCUT2D eigenvalue weighted by Crippen LogP contribution is -2.07. The number of rotatable bonds is 10. The highest BCUT2D eigenvalue weighted by Crippen LogP contribution is 2.27. The number of ether oxygens (including phenoxy) is 2. The first-order valence-corrected chi connectivity index (χ1v) is 9.81. The molecular formula is C23H23FN4O3. The molecule has 0 aliphatic carbocycles. The van der Waals surface area contributed by atoms with Gasteiger partial charge in [0.1, 0.15) is 11.5 Å². The van der Waals surface area contributed by atoms with Crippen LogP contribution in [-0.2, 0) is 4.79 Å². The zero-order valence-electron chi connectivity index (χ0n) is 17.1. The lowest BCUT2D eigenvalue weighted by Gasteiger charge is -2.11. The molecule has 160 valence electrons. The van der Waals surface area contributed by atoms with Crippen LogP contribution in [0.3, 0.4) is 0 Å². The number of halogens is 1. The number of benzene rings is 2. The van der Waals surface area contributed by atoms with Crippen LogP contribution in [0, 0.1) is 5.82 Å². The molecule has 2 aromatic carbocycles. The van der Waals surface area contributed by atoms with Gasteiger partial charge in [-0.25, -0.2) is 4.98 Å². The molecule has 31 heavy (non-hydrogen) atoms. The maximum Gasteiger partial charge on any atom is 0.260 e. The number of nitrogens with one attached hydrogen (secondary N) is 2. The van der Waals surface area contributed by atoms with E-state index in [4.69, 9.17) is 9.47 Å². The van der Waals surface area contributed by atoms with Gasteiger partial charge in [0.25, 0.3) is 5.88 Å². The van der Waals surface area contributed by atoms with Gasteiger partial charge in [0.2, 0.25) is 17.7 Å². The van der Waals surface area contributed by atoms with Crippen molar-refractivity contribution in [2.24, 2.45) is 0 Å². The van der Waals surface area contributed by atoms with Crippen molar-refractivity contribution in [1.82, 2.24) is 9.97 Å². The second kappa shape index (κ2) is 10.7. The molecule has 0 radical (unpaired) electrons. The fraction of sp³-hybridized carbons (Fsp3) is 0.174. The van der Waals surface area contributed by atoms with Gasteiger partial charge in [-0.05, 0) is 36.8 Å². The highest BCUT2D eigenvalue weighted by Gasteiger charge is 2.11. The van der Waals surface area contributed by atoms with E-state index in [-0.39, 0.29) is 17.7 Å². The summed E-state index contributed by atoms with van der Waals surface area (Å²) in [4.78, 5) is 19.5. The molecule has 0 atom stereocenters. The molecule has 0 spiro atoms. The summed E-state index contributed by atoms with van der Waals surface area (Å²) in [6, 6.07) is 13.8. The Morgan fingerprint density at radius 2 is 1.90 bits per heavy atom. The number of nitrogens with zero attached hydrogens (tertiary/aromatic N) is 2. The van der Waals surface area contributed by atoms with E-state index in [1.165, 1.54) is 0 Å². The first-order chi connectivity index (χ1) is 15.1. The largest absolute Gasteiger partial charge is 0.494 e. The molecule has 0 unspecified atom stereocenters. The van der Waals surface area contributed by atoms with E-state index in [9.17, 15) is 9.18 Å². The summed E-state index contributed by atoms with van der Waals surface area (Å²) in [6.45, 7) is 6.14. The van der Waals surface area contributed by atoms with E-state index in [0.717, 1.165) is 30.9 Å². The first kappa shape index (κ1) is 21.8. The molecule has 3 aromatic rings. The number of carbonyl (C=O) groups excluding carboxylic acids is 1. The molecular weight excluding hydrogens is 399 g/mol. The van der Waals surface area contributed by atoms with Gasteiger partial charge in [-0.15, -0.1) is 0 Å². The van der Waals surface area contributed by atoms with Crippen molar-refractivity contribution < 1.29 is 18.7 Å². The van der Waals surface area contributed by atoms with Crippen LogP contribution >= 0.6 is 0 Å². The van der Waals surface area contributed by atoms with Gasteiger partial charge in [-0.3, -0.25) is 4.79 Å². The highest BCUT2D eigenvalue weighted by atomic mass is 19.1. The normalized spacial score (nSPS) is 10.3. The fourth-order valence-corrected chi connectivity index (χ4v) is 2.55. The molecule has 0 saturated heterocycles. The molecule has 2 N–H and O–H groups in total. The van der Waals surface area contributed by atoms with Crippen LogP contribution in [0.5, 0.6) is 17.4 Å². The van der Waals surface area contributed by atoms with Crippen molar-refractivity contribution in [2.45, 2.75) is 19.8 Å². The summed E-state index contributed by atoms with van der Waals surface area (Å²) in [5.74, 6) is -0.147. The third-order valence-corrected chi connectivity index (χ3v) is 4.07. The average Bonchev–Trinajstić information content (AvgIpc) is 2.77. The molecule has 1 aromatic heterocycles. The average molecular weight is 422 g/mol. The number of amides is 1.